The number of esters is 1. The van der Waals surface area contributed by atoms with Crippen LogP contribution in [0.15, 0.2) is 94.5 Å². The van der Waals surface area contributed by atoms with Crippen molar-refractivity contribution < 1.29 is 19.1 Å². The highest BCUT2D eigenvalue weighted by atomic mass is 79.9. The molecule has 5 rings (SSSR count). The number of carbonyl (C=O) groups is 2. The molecule has 1 amide bonds. The van der Waals surface area contributed by atoms with Gasteiger partial charge in [-0.05, 0) is 61.5 Å². The van der Waals surface area contributed by atoms with E-state index in [2.05, 4.69) is 31.4 Å². The highest BCUT2D eigenvalue weighted by molar-refractivity contribution is 9.10. The van der Waals surface area contributed by atoms with Gasteiger partial charge in [0.1, 0.15) is 17.2 Å². The largest absolute Gasteiger partial charge is 0.497 e. The number of ether oxygens (including phenoxy) is 2. The van der Waals surface area contributed by atoms with Crippen molar-refractivity contribution in [3.63, 3.8) is 0 Å². The summed E-state index contributed by atoms with van der Waals surface area (Å²) in [4.78, 5) is 29.3. The lowest BCUT2D eigenvalue weighted by molar-refractivity contribution is 0.0733. The molecule has 0 saturated heterocycles. The van der Waals surface area contributed by atoms with E-state index in [1.54, 1.807) is 48.5 Å². The zero-order chi connectivity index (χ0) is 28.2. The molecule has 200 valence electrons. The number of methoxy groups -OCH3 is 1. The maximum atomic E-state index is 13.4. The summed E-state index contributed by atoms with van der Waals surface area (Å²) in [5.74, 6) is -0.201. The minimum absolute atomic E-state index is 0.270. The topological polar surface area (TPSA) is 92.8 Å². The first-order valence-electron chi connectivity index (χ1n) is 12.2. The van der Waals surface area contributed by atoms with Crippen molar-refractivity contribution in [1.82, 2.24) is 10.4 Å². The Kier molecular flexibility index (Phi) is 8.00. The van der Waals surface area contributed by atoms with E-state index in [0.717, 1.165) is 26.5 Å². The van der Waals surface area contributed by atoms with Crippen LogP contribution >= 0.6 is 27.5 Å². The number of rotatable bonds is 7. The number of hydrogen-bond acceptors (Lipinski definition) is 5. The zero-order valence-corrected chi connectivity index (χ0v) is 23.8. The summed E-state index contributed by atoms with van der Waals surface area (Å²) in [6.45, 7) is 1.99. The van der Waals surface area contributed by atoms with Gasteiger partial charge in [-0.25, -0.2) is 10.2 Å². The minimum Gasteiger partial charge on any atom is -0.497 e. The molecule has 0 atom stereocenters. The second kappa shape index (κ2) is 11.8. The van der Waals surface area contributed by atoms with E-state index < -0.39 is 11.9 Å². The van der Waals surface area contributed by atoms with Crippen molar-refractivity contribution in [2.75, 3.05) is 7.11 Å². The quantitative estimate of drug-likeness (QED) is 0.0855. The maximum absolute atomic E-state index is 13.4. The molecule has 9 heteroatoms. The monoisotopic (exact) mass is 615 g/mol. The molecule has 0 fully saturated rings. The van der Waals surface area contributed by atoms with Gasteiger partial charge < -0.3 is 14.5 Å². The van der Waals surface area contributed by atoms with Gasteiger partial charge in [0.15, 0.2) is 0 Å². The number of H-pyrrole nitrogens is 1. The second-order valence-electron chi connectivity index (χ2n) is 8.91. The molecule has 0 unspecified atom stereocenters. The molecule has 7 nitrogen and oxygen atoms in total. The van der Waals surface area contributed by atoms with Crippen LogP contribution in [0.1, 0.15) is 32.0 Å². The number of aromatic nitrogens is 1. The first-order chi connectivity index (χ1) is 19.3. The highest BCUT2D eigenvalue weighted by Gasteiger charge is 2.21. The third kappa shape index (κ3) is 5.78. The van der Waals surface area contributed by atoms with Crippen LogP contribution in [-0.2, 0) is 0 Å². The van der Waals surface area contributed by atoms with Crippen LogP contribution < -0.4 is 14.9 Å². The summed E-state index contributed by atoms with van der Waals surface area (Å²) in [5.41, 5.74) is 6.99. The molecule has 1 heterocycles. The highest BCUT2D eigenvalue weighted by Crippen LogP contribution is 2.37. The molecule has 40 heavy (non-hydrogen) atoms. The fourth-order valence-electron chi connectivity index (χ4n) is 4.26. The van der Waals surface area contributed by atoms with Crippen molar-refractivity contribution in [2.24, 2.45) is 5.10 Å². The van der Waals surface area contributed by atoms with E-state index in [1.807, 2.05) is 43.3 Å². The van der Waals surface area contributed by atoms with Gasteiger partial charge in [0.05, 0.1) is 18.9 Å². The van der Waals surface area contributed by atoms with Crippen LogP contribution in [0.3, 0.4) is 0 Å². The fraction of sp³-hybridized carbons (Fsp3) is 0.0645. The van der Waals surface area contributed by atoms with Gasteiger partial charge in [-0.3, -0.25) is 4.79 Å². The normalized spacial score (nSPS) is 11.1. The molecule has 0 bridgehead atoms. The summed E-state index contributed by atoms with van der Waals surface area (Å²) in [6, 6.07) is 25.1. The molecule has 0 spiro atoms. The van der Waals surface area contributed by atoms with E-state index in [9.17, 15) is 9.59 Å². The van der Waals surface area contributed by atoms with Crippen LogP contribution in [0, 0.1) is 6.92 Å². The molecular weight excluding hydrogens is 594 g/mol. The molecule has 0 aliphatic heterocycles. The number of nitrogens with one attached hydrogen (secondary N) is 2. The molecular formula is C31H23BrClN3O4. The number of aryl methyl sites for hydroxylation is 1. The van der Waals surface area contributed by atoms with Gasteiger partial charge in [-0.15, -0.1) is 0 Å². The maximum Gasteiger partial charge on any atom is 0.343 e. The Morgan fingerprint density at radius 3 is 2.62 bits per heavy atom. The Labute approximate surface area is 243 Å². The molecule has 0 aliphatic carbocycles. The first kappa shape index (κ1) is 27.2. The third-order valence-electron chi connectivity index (χ3n) is 6.17. The van der Waals surface area contributed by atoms with Crippen molar-refractivity contribution in [3.8, 4) is 22.6 Å². The summed E-state index contributed by atoms with van der Waals surface area (Å²) in [7, 11) is 1.52. The zero-order valence-electron chi connectivity index (χ0n) is 21.5. The van der Waals surface area contributed by atoms with Gasteiger partial charge in [-0.2, -0.15) is 5.10 Å². The summed E-state index contributed by atoms with van der Waals surface area (Å²) >= 11 is 9.95. The minimum atomic E-state index is -0.558. The standard InChI is InChI=1S/C31H23BrClN3O4/c1-18-10-12-26-24(14-18)28(23-8-3-4-9-25(23)33)29(35-26)30(37)36-34-17-20-15-21(32)11-13-27(20)40-31(38)19-6-5-7-22(16-19)39-2/h3-17,35H,1-2H3,(H,36,37). The van der Waals surface area contributed by atoms with Crippen LogP contribution in [-0.4, -0.2) is 30.2 Å². The number of amides is 1. The summed E-state index contributed by atoms with van der Waals surface area (Å²) in [6.07, 6.45) is 1.42. The van der Waals surface area contributed by atoms with Gasteiger partial charge in [-0.1, -0.05) is 63.4 Å². The molecule has 5 aromatic rings. The Bertz CT molecular complexity index is 1780. The Morgan fingerprint density at radius 1 is 1.00 bits per heavy atom. The Balaban J connectivity index is 1.42. The number of halogens is 2. The van der Waals surface area contributed by atoms with Crippen LogP contribution in [0.2, 0.25) is 5.02 Å². The van der Waals surface area contributed by atoms with Crippen molar-refractivity contribution in [2.45, 2.75) is 6.92 Å². The first-order valence-corrected chi connectivity index (χ1v) is 13.4. The average molecular weight is 617 g/mol. The summed E-state index contributed by atoms with van der Waals surface area (Å²) in [5, 5.41) is 5.57. The van der Waals surface area contributed by atoms with Crippen LogP contribution in [0.4, 0.5) is 0 Å². The average Bonchev–Trinajstić information content (AvgIpc) is 3.33. The Hall–Kier alpha value is -4.40. The Morgan fingerprint density at radius 2 is 1.82 bits per heavy atom. The van der Waals surface area contributed by atoms with E-state index in [1.165, 1.54) is 13.3 Å². The summed E-state index contributed by atoms with van der Waals surface area (Å²) < 4.78 is 11.6. The number of aromatic amines is 1. The lowest BCUT2D eigenvalue weighted by Crippen LogP contribution is -2.19. The molecule has 1 aromatic heterocycles. The van der Waals surface area contributed by atoms with Gasteiger partial charge in [0.25, 0.3) is 5.91 Å². The number of fused-ring (bicyclic) bond motifs is 1. The van der Waals surface area contributed by atoms with E-state index in [4.69, 9.17) is 21.1 Å². The molecule has 0 aliphatic rings. The van der Waals surface area contributed by atoms with Gasteiger partial charge in [0.2, 0.25) is 0 Å². The molecule has 0 radical (unpaired) electrons. The van der Waals surface area contributed by atoms with E-state index in [0.29, 0.717) is 33.2 Å². The second-order valence-corrected chi connectivity index (χ2v) is 10.2. The number of carbonyl (C=O) groups excluding carboxylic acids is 2. The van der Waals surface area contributed by atoms with Crippen LogP contribution in [0.5, 0.6) is 11.5 Å². The lowest BCUT2D eigenvalue weighted by atomic mass is 10.0. The lowest BCUT2D eigenvalue weighted by Gasteiger charge is -2.09. The van der Waals surface area contributed by atoms with Crippen molar-refractivity contribution in [1.29, 1.82) is 0 Å². The molecule has 0 saturated carbocycles. The number of hydrazone groups is 1. The van der Waals surface area contributed by atoms with Crippen molar-refractivity contribution >= 4 is 56.5 Å². The van der Waals surface area contributed by atoms with E-state index in [-0.39, 0.29) is 5.75 Å². The van der Waals surface area contributed by atoms with Crippen molar-refractivity contribution in [3.05, 3.63) is 117 Å². The van der Waals surface area contributed by atoms with E-state index >= 15 is 0 Å². The third-order valence-corrected chi connectivity index (χ3v) is 7.00. The number of benzene rings is 4. The fourth-order valence-corrected chi connectivity index (χ4v) is 4.87. The predicted molar refractivity (Wildman–Crippen MR) is 161 cm³/mol. The smallest absolute Gasteiger partial charge is 0.343 e. The van der Waals surface area contributed by atoms with Crippen LogP contribution in [0.25, 0.3) is 22.0 Å². The number of nitrogens with zero attached hydrogens (tertiary/aromatic N) is 1. The SMILES string of the molecule is COc1cccc(C(=O)Oc2ccc(Br)cc2C=NNC(=O)c2[nH]c3ccc(C)cc3c2-c2ccccc2Cl)c1. The predicted octanol–water partition coefficient (Wildman–Crippen LogP) is 7.55. The number of hydrogen-bond donors (Lipinski definition) is 2. The van der Waals surface area contributed by atoms with Gasteiger partial charge >= 0.3 is 5.97 Å². The van der Waals surface area contributed by atoms with Gasteiger partial charge in [0, 0.05) is 37.1 Å². The molecule has 4 aromatic carbocycles. The molecule has 2 N–H and O–H groups in total.